The molecule has 1 aliphatic carbocycles. The third kappa shape index (κ3) is 5.03. The van der Waals surface area contributed by atoms with E-state index in [0.29, 0.717) is 19.0 Å². The summed E-state index contributed by atoms with van der Waals surface area (Å²) in [7, 11) is 0. The topological polar surface area (TPSA) is 71.2 Å². The first-order valence-electron chi connectivity index (χ1n) is 12.6. The Hall–Kier alpha value is -3.93. The van der Waals surface area contributed by atoms with Crippen LogP contribution >= 0.6 is 0 Å². The second kappa shape index (κ2) is 10.4. The van der Waals surface area contributed by atoms with E-state index < -0.39 is 0 Å². The zero-order valence-electron chi connectivity index (χ0n) is 20.8. The molecule has 184 valence electrons. The number of aromatic hydroxyl groups is 1. The van der Waals surface area contributed by atoms with Crippen LogP contribution in [0.4, 0.5) is 5.69 Å². The van der Waals surface area contributed by atoms with Gasteiger partial charge < -0.3 is 10.0 Å². The van der Waals surface area contributed by atoms with E-state index in [4.69, 9.17) is 0 Å². The minimum Gasteiger partial charge on any atom is -0.508 e. The van der Waals surface area contributed by atoms with Crippen molar-refractivity contribution in [2.45, 2.75) is 58.0 Å². The number of pyridine rings is 1. The summed E-state index contributed by atoms with van der Waals surface area (Å²) in [5, 5.41) is 15.0. The van der Waals surface area contributed by atoms with E-state index in [1.54, 1.807) is 12.3 Å². The maximum Gasteiger partial charge on any atom is 0.234 e. The van der Waals surface area contributed by atoms with E-state index in [2.05, 4.69) is 36.1 Å². The Morgan fingerprint density at radius 1 is 1.06 bits per heavy atom. The molecule has 1 amide bonds. The van der Waals surface area contributed by atoms with Crippen LogP contribution in [0.1, 0.15) is 66.5 Å². The molecule has 4 aromatic rings. The molecule has 0 radical (unpaired) electrons. The Balaban J connectivity index is 1.45. The molecular weight excluding hydrogens is 448 g/mol. The maximum atomic E-state index is 14.1. The fourth-order valence-electron chi connectivity index (χ4n) is 5.00. The number of carbonyl (C=O) groups excluding carboxylic acids is 1. The smallest absolute Gasteiger partial charge is 0.234 e. The first kappa shape index (κ1) is 23.8. The molecular formula is C30H32N4O2. The van der Waals surface area contributed by atoms with E-state index in [1.165, 1.54) is 5.56 Å². The van der Waals surface area contributed by atoms with Gasteiger partial charge in [-0.1, -0.05) is 56.3 Å². The van der Waals surface area contributed by atoms with Gasteiger partial charge in [0.1, 0.15) is 5.75 Å². The van der Waals surface area contributed by atoms with Gasteiger partial charge in [0, 0.05) is 17.5 Å². The van der Waals surface area contributed by atoms with Crippen molar-refractivity contribution in [1.29, 1.82) is 0 Å². The van der Waals surface area contributed by atoms with Gasteiger partial charge in [-0.2, -0.15) is 5.10 Å². The first-order chi connectivity index (χ1) is 17.5. The molecule has 6 nitrogen and oxygen atoms in total. The monoisotopic (exact) mass is 480 g/mol. The molecule has 0 aliphatic heterocycles. The van der Waals surface area contributed by atoms with Crippen molar-refractivity contribution < 1.29 is 9.90 Å². The third-order valence-electron chi connectivity index (χ3n) is 6.94. The van der Waals surface area contributed by atoms with E-state index in [-0.39, 0.29) is 17.6 Å². The standard InChI is InChI=1S/C30H32N4O2/c1-21(2)28-15-14-24(17-31-28)34(20-23-16-32-33(19-23)18-22-8-4-3-5-9-22)30(36)27-12-6-11-26-25(27)10-7-13-29(26)35/h3-5,7-10,13-17,19,21,27,35H,6,11-12,18,20H2,1-2H3. The van der Waals surface area contributed by atoms with E-state index in [9.17, 15) is 9.90 Å². The van der Waals surface area contributed by atoms with Crippen molar-refractivity contribution in [2.24, 2.45) is 0 Å². The molecule has 36 heavy (non-hydrogen) atoms. The number of nitrogens with zero attached hydrogens (tertiary/aromatic N) is 4. The number of benzene rings is 2. The van der Waals surface area contributed by atoms with Gasteiger partial charge in [0.25, 0.3) is 0 Å². The minimum atomic E-state index is -0.301. The Kier molecular flexibility index (Phi) is 6.85. The van der Waals surface area contributed by atoms with Crippen molar-refractivity contribution in [3.63, 3.8) is 0 Å². The van der Waals surface area contributed by atoms with Crippen LogP contribution < -0.4 is 4.90 Å². The number of hydrogen-bond acceptors (Lipinski definition) is 4. The third-order valence-corrected chi connectivity index (χ3v) is 6.94. The Morgan fingerprint density at radius 2 is 1.89 bits per heavy atom. The zero-order valence-corrected chi connectivity index (χ0v) is 20.8. The molecule has 2 heterocycles. The number of hydrogen-bond donors (Lipinski definition) is 1. The van der Waals surface area contributed by atoms with E-state index >= 15 is 0 Å². The number of fused-ring (bicyclic) bond motifs is 1. The van der Waals surface area contributed by atoms with Crippen LogP contribution in [-0.4, -0.2) is 25.8 Å². The summed E-state index contributed by atoms with van der Waals surface area (Å²) < 4.78 is 1.90. The Labute approximate surface area is 212 Å². The molecule has 1 aliphatic rings. The zero-order chi connectivity index (χ0) is 25.1. The molecule has 0 saturated carbocycles. The molecule has 0 saturated heterocycles. The SMILES string of the molecule is CC(C)c1ccc(N(Cc2cnn(Cc3ccccc3)c2)C(=O)C2CCCc3c(O)cccc32)cn1. The predicted octanol–water partition coefficient (Wildman–Crippen LogP) is 5.81. The van der Waals surface area contributed by atoms with Gasteiger partial charge in [-0.25, -0.2) is 0 Å². The molecule has 1 atom stereocenters. The van der Waals surface area contributed by atoms with Crippen molar-refractivity contribution in [1.82, 2.24) is 14.8 Å². The van der Waals surface area contributed by atoms with Crippen molar-refractivity contribution in [2.75, 3.05) is 4.90 Å². The summed E-state index contributed by atoms with van der Waals surface area (Å²) in [5.74, 6) is 0.316. The first-order valence-corrected chi connectivity index (χ1v) is 12.6. The second-order valence-electron chi connectivity index (χ2n) is 9.84. The minimum absolute atomic E-state index is 0.0245. The summed E-state index contributed by atoms with van der Waals surface area (Å²) in [6.45, 7) is 5.30. The van der Waals surface area contributed by atoms with Crippen molar-refractivity contribution >= 4 is 11.6 Å². The van der Waals surface area contributed by atoms with Crippen molar-refractivity contribution in [3.8, 4) is 5.75 Å². The Morgan fingerprint density at radius 3 is 2.64 bits per heavy atom. The lowest BCUT2D eigenvalue weighted by molar-refractivity contribution is -0.120. The largest absolute Gasteiger partial charge is 0.508 e. The quantitative estimate of drug-likeness (QED) is 0.362. The number of phenolic OH excluding ortho intramolecular Hbond substituents is 1. The molecule has 6 heteroatoms. The highest BCUT2D eigenvalue weighted by Crippen LogP contribution is 2.38. The maximum absolute atomic E-state index is 14.1. The summed E-state index contributed by atoms with van der Waals surface area (Å²) in [4.78, 5) is 20.5. The molecule has 0 fully saturated rings. The number of carbonyl (C=O) groups is 1. The van der Waals surface area contributed by atoms with Crippen LogP contribution in [-0.2, 0) is 24.3 Å². The summed E-state index contributed by atoms with van der Waals surface area (Å²) >= 11 is 0. The number of aromatic nitrogens is 3. The van der Waals surface area contributed by atoms with Gasteiger partial charge in [-0.15, -0.1) is 0 Å². The van der Waals surface area contributed by atoms with E-state index in [1.807, 2.05) is 64.4 Å². The van der Waals surface area contributed by atoms with Gasteiger partial charge in [0.05, 0.1) is 37.1 Å². The number of amides is 1. The van der Waals surface area contributed by atoms with Gasteiger partial charge in [-0.3, -0.25) is 14.5 Å². The number of anilines is 1. The Bertz CT molecular complexity index is 1330. The van der Waals surface area contributed by atoms with Crippen LogP contribution in [0.15, 0.2) is 79.3 Å². The van der Waals surface area contributed by atoms with Gasteiger partial charge >= 0.3 is 0 Å². The van der Waals surface area contributed by atoms with Crippen LogP contribution in [0, 0.1) is 0 Å². The summed E-state index contributed by atoms with van der Waals surface area (Å²) in [6, 6.07) is 19.7. The van der Waals surface area contributed by atoms with Gasteiger partial charge in [0.2, 0.25) is 5.91 Å². The second-order valence-corrected chi connectivity index (χ2v) is 9.84. The highest BCUT2D eigenvalue weighted by atomic mass is 16.3. The molecule has 1 unspecified atom stereocenters. The fraction of sp³-hybridized carbons (Fsp3) is 0.300. The lowest BCUT2D eigenvalue weighted by atomic mass is 9.81. The number of phenols is 1. The predicted molar refractivity (Wildman–Crippen MR) is 141 cm³/mol. The van der Waals surface area contributed by atoms with Crippen LogP contribution in [0.25, 0.3) is 0 Å². The van der Waals surface area contributed by atoms with Crippen LogP contribution in [0.2, 0.25) is 0 Å². The molecule has 0 bridgehead atoms. The number of rotatable bonds is 7. The summed E-state index contributed by atoms with van der Waals surface area (Å²) in [5.41, 5.74) is 5.72. The van der Waals surface area contributed by atoms with E-state index in [0.717, 1.165) is 47.3 Å². The van der Waals surface area contributed by atoms with Gasteiger partial charge in [-0.05, 0) is 60.1 Å². The van der Waals surface area contributed by atoms with Gasteiger partial charge in [0.15, 0.2) is 0 Å². The molecule has 2 aromatic heterocycles. The lowest BCUT2D eigenvalue weighted by Gasteiger charge is -2.31. The average Bonchev–Trinajstić information content (AvgIpc) is 3.34. The van der Waals surface area contributed by atoms with Crippen LogP contribution in [0.5, 0.6) is 5.75 Å². The lowest BCUT2D eigenvalue weighted by Crippen LogP contribution is -2.36. The summed E-state index contributed by atoms with van der Waals surface area (Å²) in [6.07, 6.45) is 8.06. The normalized spacial score (nSPS) is 15.0. The molecule has 1 N–H and O–H groups in total. The molecule has 5 rings (SSSR count). The molecule has 0 spiro atoms. The highest BCUT2D eigenvalue weighted by molar-refractivity contribution is 5.98. The highest BCUT2D eigenvalue weighted by Gasteiger charge is 2.32. The fourth-order valence-corrected chi connectivity index (χ4v) is 5.00. The van der Waals surface area contributed by atoms with Crippen LogP contribution in [0.3, 0.4) is 0 Å². The van der Waals surface area contributed by atoms with Crippen molar-refractivity contribution in [3.05, 3.63) is 107 Å². The average molecular weight is 481 g/mol. The molecule has 2 aromatic carbocycles.